The molecule has 1 fully saturated rings. The molecule has 0 saturated carbocycles. The van der Waals surface area contributed by atoms with Gasteiger partial charge in [-0.05, 0) is 36.4 Å². The van der Waals surface area contributed by atoms with Gasteiger partial charge in [-0.1, -0.05) is 29.8 Å². The van der Waals surface area contributed by atoms with Gasteiger partial charge in [0.05, 0.1) is 23.1 Å². The normalized spacial score (nSPS) is 22.0. The Bertz CT molecular complexity index is 821. The summed E-state index contributed by atoms with van der Waals surface area (Å²) in [6.07, 6.45) is -0.738. The number of benzene rings is 2. The van der Waals surface area contributed by atoms with Gasteiger partial charge in [-0.2, -0.15) is 0 Å². The van der Waals surface area contributed by atoms with E-state index in [9.17, 15) is 13.2 Å². The lowest BCUT2D eigenvalue weighted by molar-refractivity contribution is 0.0337. The summed E-state index contributed by atoms with van der Waals surface area (Å²) < 4.78 is 29.3. The van der Waals surface area contributed by atoms with E-state index in [1.54, 1.807) is 24.3 Å². The Hall–Kier alpha value is -2.05. The van der Waals surface area contributed by atoms with E-state index >= 15 is 0 Å². The van der Waals surface area contributed by atoms with Crippen molar-refractivity contribution in [1.82, 2.24) is 0 Å². The first-order valence-corrected chi connectivity index (χ1v) is 9.61. The van der Waals surface area contributed by atoms with Crippen molar-refractivity contribution in [3.8, 4) is 0 Å². The number of hydrogen-bond acceptors (Lipinski definition) is 5. The van der Waals surface area contributed by atoms with E-state index in [4.69, 9.17) is 16.3 Å². The molecule has 1 aliphatic heterocycles. The SMILES string of the molecule is O=C(O[C@H]1CS(=O)(=O)C[C@H]1Nc1ccccc1)c1ccc(Cl)cc1. The third-order valence-corrected chi connectivity index (χ3v) is 5.72. The molecule has 1 N–H and O–H groups in total. The molecule has 24 heavy (non-hydrogen) atoms. The van der Waals surface area contributed by atoms with Gasteiger partial charge in [-0.25, -0.2) is 13.2 Å². The zero-order chi connectivity index (χ0) is 17.2. The van der Waals surface area contributed by atoms with Gasteiger partial charge in [-0.3, -0.25) is 0 Å². The van der Waals surface area contributed by atoms with Crippen LogP contribution in [0.15, 0.2) is 54.6 Å². The van der Waals surface area contributed by atoms with Crippen molar-refractivity contribution in [3.63, 3.8) is 0 Å². The average molecular weight is 366 g/mol. The van der Waals surface area contributed by atoms with Gasteiger partial charge in [0, 0.05) is 10.7 Å². The summed E-state index contributed by atoms with van der Waals surface area (Å²) in [7, 11) is -3.26. The third kappa shape index (κ3) is 4.07. The van der Waals surface area contributed by atoms with E-state index in [1.165, 1.54) is 0 Å². The zero-order valence-electron chi connectivity index (χ0n) is 12.7. The van der Waals surface area contributed by atoms with Gasteiger partial charge in [0.2, 0.25) is 0 Å². The fourth-order valence-electron chi connectivity index (χ4n) is 2.61. The average Bonchev–Trinajstić information content (AvgIpc) is 2.82. The van der Waals surface area contributed by atoms with Gasteiger partial charge in [-0.15, -0.1) is 0 Å². The van der Waals surface area contributed by atoms with Crippen LogP contribution in [0, 0.1) is 0 Å². The molecule has 2 atom stereocenters. The topological polar surface area (TPSA) is 72.5 Å². The number of carbonyl (C=O) groups is 1. The number of rotatable bonds is 4. The number of anilines is 1. The van der Waals surface area contributed by atoms with Gasteiger partial charge < -0.3 is 10.1 Å². The maximum Gasteiger partial charge on any atom is 0.338 e. The van der Waals surface area contributed by atoms with Crippen molar-refractivity contribution >= 4 is 33.1 Å². The molecule has 0 spiro atoms. The number of ether oxygens (including phenoxy) is 1. The predicted octanol–water partition coefficient (Wildman–Crippen LogP) is 2.77. The van der Waals surface area contributed by atoms with Crippen molar-refractivity contribution in [1.29, 1.82) is 0 Å². The highest BCUT2D eigenvalue weighted by atomic mass is 35.5. The van der Waals surface area contributed by atoms with Crippen molar-refractivity contribution in [2.75, 3.05) is 16.8 Å². The molecule has 126 valence electrons. The summed E-state index contributed by atoms with van der Waals surface area (Å²) in [5, 5.41) is 3.65. The van der Waals surface area contributed by atoms with Gasteiger partial charge >= 0.3 is 5.97 Å². The molecule has 1 heterocycles. The minimum absolute atomic E-state index is 0.0690. The summed E-state index contributed by atoms with van der Waals surface area (Å²) in [6.45, 7) is 0. The van der Waals surface area contributed by atoms with Crippen LogP contribution in [0.3, 0.4) is 0 Å². The molecule has 1 saturated heterocycles. The molecule has 5 nitrogen and oxygen atoms in total. The molecule has 0 bridgehead atoms. The lowest BCUT2D eigenvalue weighted by atomic mass is 10.2. The number of hydrogen-bond donors (Lipinski definition) is 1. The second kappa shape index (κ2) is 6.83. The lowest BCUT2D eigenvalue weighted by Crippen LogP contribution is -2.35. The van der Waals surface area contributed by atoms with Crippen LogP contribution in [-0.2, 0) is 14.6 Å². The number of esters is 1. The monoisotopic (exact) mass is 365 g/mol. The highest BCUT2D eigenvalue weighted by Gasteiger charge is 2.40. The van der Waals surface area contributed by atoms with Crippen molar-refractivity contribution in [3.05, 3.63) is 65.2 Å². The molecule has 3 rings (SSSR count). The lowest BCUT2D eigenvalue weighted by Gasteiger charge is -2.21. The first kappa shape index (κ1) is 16.8. The number of para-hydroxylation sites is 1. The van der Waals surface area contributed by atoms with Crippen molar-refractivity contribution in [2.24, 2.45) is 0 Å². The van der Waals surface area contributed by atoms with E-state index < -0.39 is 28.0 Å². The van der Waals surface area contributed by atoms with E-state index in [0.717, 1.165) is 5.69 Å². The Morgan fingerprint density at radius 3 is 2.38 bits per heavy atom. The van der Waals surface area contributed by atoms with Crippen LogP contribution in [0.2, 0.25) is 5.02 Å². The Kier molecular flexibility index (Phi) is 4.78. The van der Waals surface area contributed by atoms with Gasteiger partial charge in [0.1, 0.15) is 6.10 Å². The van der Waals surface area contributed by atoms with Crippen LogP contribution in [0.25, 0.3) is 0 Å². The van der Waals surface area contributed by atoms with Crippen LogP contribution in [0.5, 0.6) is 0 Å². The Labute approximate surface area is 145 Å². The molecule has 0 amide bonds. The number of nitrogens with one attached hydrogen (secondary N) is 1. The molecule has 0 aliphatic carbocycles. The summed E-state index contributed by atoms with van der Waals surface area (Å²) in [4.78, 5) is 12.2. The Balaban J connectivity index is 1.74. The Morgan fingerprint density at radius 2 is 1.71 bits per heavy atom. The highest BCUT2D eigenvalue weighted by molar-refractivity contribution is 7.91. The second-order valence-corrected chi connectivity index (χ2v) is 8.23. The van der Waals surface area contributed by atoms with E-state index in [-0.39, 0.29) is 11.5 Å². The summed E-state index contributed by atoms with van der Waals surface area (Å²) in [5.74, 6) is -0.814. The maximum atomic E-state index is 12.2. The minimum Gasteiger partial charge on any atom is -0.455 e. The highest BCUT2D eigenvalue weighted by Crippen LogP contribution is 2.22. The molecular weight excluding hydrogens is 350 g/mol. The largest absolute Gasteiger partial charge is 0.455 e. The molecule has 1 aliphatic rings. The number of sulfone groups is 1. The van der Waals surface area contributed by atoms with Gasteiger partial charge in [0.15, 0.2) is 9.84 Å². The molecule has 2 aromatic rings. The molecule has 0 aromatic heterocycles. The molecular formula is C17H16ClNO4S. The first-order valence-electron chi connectivity index (χ1n) is 7.41. The molecule has 0 radical (unpaired) electrons. The minimum atomic E-state index is -3.26. The quantitative estimate of drug-likeness (QED) is 0.843. The first-order chi connectivity index (χ1) is 11.4. The van der Waals surface area contributed by atoms with Crippen molar-refractivity contribution < 1.29 is 17.9 Å². The van der Waals surface area contributed by atoms with Crippen LogP contribution in [0.4, 0.5) is 5.69 Å². The summed E-state index contributed by atoms with van der Waals surface area (Å²) >= 11 is 5.80. The number of carbonyl (C=O) groups excluding carboxylic acids is 1. The van der Waals surface area contributed by atoms with E-state index in [0.29, 0.717) is 10.6 Å². The van der Waals surface area contributed by atoms with Crippen LogP contribution in [-0.4, -0.2) is 38.0 Å². The fourth-order valence-corrected chi connectivity index (χ4v) is 4.51. The summed E-state index contributed by atoms with van der Waals surface area (Å²) in [5.41, 5.74) is 1.12. The fraction of sp³-hybridized carbons (Fsp3) is 0.235. The third-order valence-electron chi connectivity index (χ3n) is 3.76. The number of halogens is 1. The smallest absolute Gasteiger partial charge is 0.338 e. The van der Waals surface area contributed by atoms with Crippen LogP contribution >= 0.6 is 11.6 Å². The summed E-state index contributed by atoms with van der Waals surface area (Å²) in [6, 6.07) is 15.0. The molecule has 2 aromatic carbocycles. The van der Waals surface area contributed by atoms with Crippen LogP contribution < -0.4 is 5.32 Å². The standard InChI is InChI=1S/C17H16ClNO4S/c18-13-8-6-12(7-9-13)17(20)23-16-11-24(21,22)10-15(16)19-14-4-2-1-3-5-14/h1-9,15-16,19H,10-11H2/t15-,16+/m1/s1. The predicted molar refractivity (Wildman–Crippen MR) is 93.2 cm³/mol. The molecule has 0 unspecified atom stereocenters. The van der Waals surface area contributed by atoms with E-state index in [2.05, 4.69) is 5.32 Å². The van der Waals surface area contributed by atoms with Crippen molar-refractivity contribution in [2.45, 2.75) is 12.1 Å². The van der Waals surface area contributed by atoms with Gasteiger partial charge in [0.25, 0.3) is 0 Å². The zero-order valence-corrected chi connectivity index (χ0v) is 14.3. The Morgan fingerprint density at radius 1 is 1.04 bits per heavy atom. The second-order valence-electron chi connectivity index (χ2n) is 5.64. The maximum absolute atomic E-state index is 12.2. The van der Waals surface area contributed by atoms with Crippen LogP contribution in [0.1, 0.15) is 10.4 Å². The molecule has 7 heteroatoms. The van der Waals surface area contributed by atoms with E-state index in [1.807, 2.05) is 30.3 Å².